The van der Waals surface area contributed by atoms with Crippen LogP contribution in [0.2, 0.25) is 0 Å². The molecule has 0 fully saturated rings. The fourth-order valence-corrected chi connectivity index (χ4v) is 8.00. The second kappa shape index (κ2) is 12.5. The summed E-state index contributed by atoms with van der Waals surface area (Å²) >= 11 is -2.14. The molecule has 0 aliphatic rings. The van der Waals surface area contributed by atoms with Crippen LogP contribution in [-0.4, -0.2) is 6.61 Å². The minimum absolute atomic E-state index is 0. The second-order valence-corrected chi connectivity index (χ2v) is 12.6. The molecule has 0 atom stereocenters. The number of allylic oxidation sites excluding steroid dienone is 8. The summed E-state index contributed by atoms with van der Waals surface area (Å²) in [6.45, 7) is 11.4. The van der Waals surface area contributed by atoms with E-state index in [0.717, 1.165) is 6.61 Å². The zero-order chi connectivity index (χ0) is 12.4. The maximum atomic E-state index is 5.97. The molecule has 0 spiro atoms. The van der Waals surface area contributed by atoms with Crippen LogP contribution in [0.4, 0.5) is 0 Å². The Morgan fingerprint density at radius 3 is 1.71 bits per heavy atom. The van der Waals surface area contributed by atoms with Gasteiger partial charge in [-0.3, -0.25) is 0 Å². The van der Waals surface area contributed by atoms with Crippen molar-refractivity contribution in [1.29, 1.82) is 0 Å². The van der Waals surface area contributed by atoms with Gasteiger partial charge in [-0.25, -0.2) is 0 Å². The molecule has 96 valence electrons. The van der Waals surface area contributed by atoms with Crippen LogP contribution < -0.4 is 12.4 Å². The monoisotopic (exact) mass is 422 g/mol. The molecule has 0 rings (SSSR count). The Labute approximate surface area is 121 Å². The van der Waals surface area contributed by atoms with Crippen LogP contribution in [0.5, 0.6) is 0 Å². The van der Waals surface area contributed by atoms with Gasteiger partial charge in [0.2, 0.25) is 0 Å². The molecule has 0 aromatic heterocycles. The Balaban J connectivity index is 0. The predicted octanol–water partition coefficient (Wildman–Crippen LogP) is 1.52. The van der Waals surface area contributed by atoms with Gasteiger partial charge in [0.05, 0.1) is 0 Å². The molecule has 0 unspecified atom stereocenters. The quantitative estimate of drug-likeness (QED) is 0.467. The van der Waals surface area contributed by atoms with Gasteiger partial charge in [0.15, 0.2) is 0 Å². The topological polar surface area (TPSA) is 9.23 Å². The van der Waals surface area contributed by atoms with Crippen molar-refractivity contribution < 1.29 is 37.1 Å². The average Bonchev–Trinajstić information content (AvgIpc) is 2.29. The minimum atomic E-state index is -2.14. The van der Waals surface area contributed by atoms with Gasteiger partial charge in [0.1, 0.15) is 0 Å². The van der Waals surface area contributed by atoms with E-state index in [0.29, 0.717) is 0 Å². The zero-order valence-corrected chi connectivity index (χ0v) is 15.8. The summed E-state index contributed by atoms with van der Waals surface area (Å²) < 4.78 is 8.86. The molecule has 0 saturated carbocycles. The van der Waals surface area contributed by atoms with Crippen LogP contribution in [0.3, 0.4) is 0 Å². The number of rotatable bonds is 6. The fourth-order valence-electron chi connectivity index (χ4n) is 1.32. The SMILES string of the molecule is CC=CC=[C](C)[Hf+]([O]CC)[C](C)=CC=CC.[Cl-]. The molecule has 0 aromatic carbocycles. The van der Waals surface area contributed by atoms with Gasteiger partial charge < -0.3 is 12.4 Å². The zero-order valence-electron chi connectivity index (χ0n) is 11.5. The van der Waals surface area contributed by atoms with Crippen molar-refractivity contribution in [2.45, 2.75) is 34.6 Å². The van der Waals surface area contributed by atoms with Crippen molar-refractivity contribution in [1.82, 2.24) is 0 Å². The van der Waals surface area contributed by atoms with E-state index >= 15 is 0 Å². The molecule has 0 heterocycles. The first-order valence-electron chi connectivity index (χ1n) is 5.77. The first-order valence-corrected chi connectivity index (χ1v) is 10.8. The molecule has 0 saturated heterocycles. The Morgan fingerprint density at radius 2 is 1.41 bits per heavy atom. The van der Waals surface area contributed by atoms with E-state index in [1.165, 1.54) is 6.66 Å². The third-order valence-electron chi connectivity index (χ3n) is 2.08. The largest absolute Gasteiger partial charge is 1.00 e. The predicted molar refractivity (Wildman–Crippen MR) is 68.8 cm³/mol. The molecule has 0 aromatic rings. The number of hydrogen-bond donors (Lipinski definition) is 0. The first-order chi connectivity index (χ1) is 7.67. The van der Waals surface area contributed by atoms with Crippen LogP contribution in [0.15, 0.2) is 43.1 Å². The van der Waals surface area contributed by atoms with E-state index in [-0.39, 0.29) is 12.4 Å². The molecular weight excluding hydrogens is 398 g/mol. The Bertz CT molecular complexity index is 275. The fraction of sp³-hybridized carbons (Fsp3) is 0.429. The van der Waals surface area contributed by atoms with Crippen molar-refractivity contribution in [2.24, 2.45) is 0 Å². The van der Waals surface area contributed by atoms with Crippen LogP contribution in [0.25, 0.3) is 0 Å². The molecule has 17 heavy (non-hydrogen) atoms. The Morgan fingerprint density at radius 1 is 1.00 bits per heavy atom. The summed E-state index contributed by atoms with van der Waals surface area (Å²) in [4.78, 5) is 0. The summed E-state index contributed by atoms with van der Waals surface area (Å²) in [5.74, 6) is 0. The van der Waals surface area contributed by atoms with Gasteiger partial charge in [0.25, 0.3) is 0 Å². The first kappa shape index (κ1) is 19.4. The van der Waals surface area contributed by atoms with Gasteiger partial charge in [-0.2, -0.15) is 0 Å². The molecule has 0 N–H and O–H groups in total. The van der Waals surface area contributed by atoms with E-state index in [9.17, 15) is 0 Å². The van der Waals surface area contributed by atoms with Gasteiger partial charge in [0, 0.05) is 0 Å². The van der Waals surface area contributed by atoms with E-state index in [1.54, 1.807) is 0 Å². The van der Waals surface area contributed by atoms with Crippen molar-refractivity contribution in [3.8, 4) is 0 Å². The standard InChI is InChI=1S/2C6H9.C2H5O.ClH.Hf/c2*1-3-5-6-4-2;1-2-3;;/h2*3,5-6H,1-2H3;2H2,1H3;1H;/q;;-1;;+2/p-1. The molecule has 3 heteroatoms. The van der Waals surface area contributed by atoms with E-state index in [1.807, 2.05) is 13.8 Å². The maximum Gasteiger partial charge on any atom is -1.00 e. The van der Waals surface area contributed by atoms with Gasteiger partial charge in [-0.05, 0) is 0 Å². The third-order valence-corrected chi connectivity index (χ3v) is 10.5. The third kappa shape index (κ3) is 8.76. The number of hydrogen-bond acceptors (Lipinski definition) is 1. The van der Waals surface area contributed by atoms with E-state index in [2.05, 4.69) is 57.2 Å². The van der Waals surface area contributed by atoms with Gasteiger partial charge in [-0.1, -0.05) is 0 Å². The maximum absolute atomic E-state index is 5.97. The molecule has 0 aliphatic heterocycles. The van der Waals surface area contributed by atoms with Crippen LogP contribution >= 0.6 is 0 Å². The Hall–Kier alpha value is 0.0801. The van der Waals surface area contributed by atoms with Crippen molar-refractivity contribution in [3.63, 3.8) is 0 Å². The van der Waals surface area contributed by atoms with Gasteiger partial charge >= 0.3 is 109 Å². The summed E-state index contributed by atoms with van der Waals surface area (Å²) in [6, 6.07) is 0. The second-order valence-electron chi connectivity index (χ2n) is 3.51. The van der Waals surface area contributed by atoms with Crippen LogP contribution in [0.1, 0.15) is 34.6 Å². The van der Waals surface area contributed by atoms with Gasteiger partial charge in [-0.15, -0.1) is 0 Å². The summed E-state index contributed by atoms with van der Waals surface area (Å²) in [7, 11) is 0. The van der Waals surface area contributed by atoms with E-state index < -0.39 is 21.9 Å². The van der Waals surface area contributed by atoms with Crippen molar-refractivity contribution in [3.05, 3.63) is 43.1 Å². The minimum Gasteiger partial charge on any atom is -1.00 e. The molecule has 0 aliphatic carbocycles. The average molecular weight is 421 g/mol. The normalized spacial score (nSPS) is 13.2. The van der Waals surface area contributed by atoms with Crippen LogP contribution in [-0.2, 0) is 24.7 Å². The number of halogens is 1. The van der Waals surface area contributed by atoms with Crippen LogP contribution in [0, 0.1) is 0 Å². The Kier molecular flexibility index (Phi) is 14.3. The summed E-state index contributed by atoms with van der Waals surface area (Å²) in [5.41, 5.74) is 0. The van der Waals surface area contributed by atoms with Crippen molar-refractivity contribution >= 4 is 0 Å². The molecule has 0 radical (unpaired) electrons. The summed E-state index contributed by atoms with van der Waals surface area (Å²) in [6.07, 6.45) is 12.7. The molecular formula is C14H23ClHfO. The molecule has 1 nitrogen and oxygen atoms in total. The summed E-state index contributed by atoms with van der Waals surface area (Å²) in [5, 5.41) is 0. The molecule has 0 bridgehead atoms. The van der Waals surface area contributed by atoms with Crippen molar-refractivity contribution in [2.75, 3.05) is 6.61 Å². The smallest absolute Gasteiger partial charge is 1.00 e. The molecule has 0 amide bonds. The van der Waals surface area contributed by atoms with E-state index in [4.69, 9.17) is 2.85 Å².